The van der Waals surface area contributed by atoms with E-state index in [2.05, 4.69) is 19.2 Å². The van der Waals surface area contributed by atoms with Crippen molar-refractivity contribution in [3.05, 3.63) is 34.6 Å². The minimum atomic E-state index is -0.177. The zero-order chi connectivity index (χ0) is 15.2. The molecule has 0 spiro atoms. The van der Waals surface area contributed by atoms with E-state index in [9.17, 15) is 4.39 Å². The lowest BCUT2D eigenvalue weighted by Crippen LogP contribution is -2.31. The molecular formula is C18H27ClFN. The van der Waals surface area contributed by atoms with Crippen molar-refractivity contribution in [3.63, 3.8) is 0 Å². The van der Waals surface area contributed by atoms with Crippen LogP contribution in [0.15, 0.2) is 18.2 Å². The highest BCUT2D eigenvalue weighted by Gasteiger charge is 2.29. The maximum absolute atomic E-state index is 14.3. The van der Waals surface area contributed by atoms with E-state index in [1.165, 1.54) is 44.6 Å². The van der Waals surface area contributed by atoms with Gasteiger partial charge in [0.1, 0.15) is 5.82 Å². The van der Waals surface area contributed by atoms with Crippen LogP contribution in [0.3, 0.4) is 0 Å². The summed E-state index contributed by atoms with van der Waals surface area (Å²) in [5, 5.41) is 3.96. The van der Waals surface area contributed by atoms with Crippen LogP contribution in [-0.2, 0) is 0 Å². The first-order valence-corrected chi connectivity index (χ1v) is 8.71. The van der Waals surface area contributed by atoms with E-state index in [0.29, 0.717) is 10.9 Å². The highest BCUT2D eigenvalue weighted by molar-refractivity contribution is 6.30. The van der Waals surface area contributed by atoms with E-state index >= 15 is 0 Å². The second-order valence-electron chi connectivity index (χ2n) is 6.27. The monoisotopic (exact) mass is 311 g/mol. The van der Waals surface area contributed by atoms with Crippen molar-refractivity contribution in [2.45, 2.75) is 58.4 Å². The minimum absolute atomic E-state index is 0.120. The molecule has 1 aliphatic rings. The number of benzene rings is 1. The number of hydrogen-bond acceptors (Lipinski definition) is 1. The molecule has 1 aliphatic carbocycles. The van der Waals surface area contributed by atoms with Crippen LogP contribution >= 0.6 is 11.6 Å². The summed E-state index contributed by atoms with van der Waals surface area (Å²) in [6.07, 6.45) is 7.59. The predicted molar refractivity (Wildman–Crippen MR) is 88.2 cm³/mol. The fourth-order valence-electron chi connectivity index (χ4n) is 3.72. The molecule has 0 saturated heterocycles. The Bertz CT molecular complexity index is 441. The highest BCUT2D eigenvalue weighted by Crippen LogP contribution is 2.39. The molecule has 1 atom stereocenters. The van der Waals surface area contributed by atoms with Gasteiger partial charge in [0.2, 0.25) is 0 Å². The van der Waals surface area contributed by atoms with Crippen LogP contribution in [0.4, 0.5) is 4.39 Å². The van der Waals surface area contributed by atoms with Crippen molar-refractivity contribution < 1.29 is 4.39 Å². The van der Waals surface area contributed by atoms with Gasteiger partial charge in [-0.3, -0.25) is 0 Å². The maximum Gasteiger partial charge on any atom is 0.129 e. The summed E-state index contributed by atoms with van der Waals surface area (Å²) in [7, 11) is 0. The number of rotatable bonds is 6. The van der Waals surface area contributed by atoms with Crippen molar-refractivity contribution in [1.82, 2.24) is 5.32 Å². The van der Waals surface area contributed by atoms with E-state index < -0.39 is 0 Å². The molecule has 118 valence electrons. The molecule has 1 aromatic carbocycles. The fourth-order valence-corrected chi connectivity index (χ4v) is 3.88. The minimum Gasteiger partial charge on any atom is -0.310 e. The van der Waals surface area contributed by atoms with Crippen LogP contribution in [0.1, 0.15) is 64.0 Å². The summed E-state index contributed by atoms with van der Waals surface area (Å²) in [4.78, 5) is 0. The SMILES string of the molecule is CCCC1CCC(C(NCC)c2ccc(Cl)cc2F)CC1. The fraction of sp³-hybridized carbons (Fsp3) is 0.667. The molecule has 21 heavy (non-hydrogen) atoms. The van der Waals surface area contributed by atoms with Crippen LogP contribution in [0, 0.1) is 17.7 Å². The average Bonchev–Trinajstić information content (AvgIpc) is 2.47. The Morgan fingerprint density at radius 1 is 1.24 bits per heavy atom. The third kappa shape index (κ3) is 4.43. The van der Waals surface area contributed by atoms with Crippen molar-refractivity contribution in [2.75, 3.05) is 6.54 Å². The smallest absolute Gasteiger partial charge is 0.129 e. The lowest BCUT2D eigenvalue weighted by Gasteiger charge is -2.34. The Labute approximate surface area is 133 Å². The summed E-state index contributed by atoms with van der Waals surface area (Å²) in [6, 6.07) is 5.20. The van der Waals surface area contributed by atoms with Gasteiger partial charge in [-0.15, -0.1) is 0 Å². The quantitative estimate of drug-likeness (QED) is 0.706. The van der Waals surface area contributed by atoms with E-state index in [1.807, 2.05) is 6.07 Å². The zero-order valence-electron chi connectivity index (χ0n) is 13.2. The van der Waals surface area contributed by atoms with Crippen LogP contribution in [0.25, 0.3) is 0 Å². The Morgan fingerprint density at radius 3 is 2.52 bits per heavy atom. The predicted octanol–water partition coefficient (Wildman–Crippen LogP) is 5.74. The van der Waals surface area contributed by atoms with Crippen LogP contribution in [-0.4, -0.2) is 6.54 Å². The number of hydrogen-bond donors (Lipinski definition) is 1. The highest BCUT2D eigenvalue weighted by atomic mass is 35.5. The molecule has 0 radical (unpaired) electrons. The van der Waals surface area contributed by atoms with Gasteiger partial charge in [-0.2, -0.15) is 0 Å². The van der Waals surface area contributed by atoms with Crippen LogP contribution in [0.5, 0.6) is 0 Å². The standard InChI is InChI=1S/C18H27ClFN/c1-3-5-13-6-8-14(9-7-13)18(21-4-2)16-11-10-15(19)12-17(16)20/h10-14,18,21H,3-9H2,1-2H3. The van der Waals surface area contributed by atoms with Gasteiger partial charge in [0, 0.05) is 16.6 Å². The second kappa shape index (κ2) is 8.14. The van der Waals surface area contributed by atoms with Crippen LogP contribution < -0.4 is 5.32 Å². The third-order valence-corrected chi connectivity index (χ3v) is 5.02. The third-order valence-electron chi connectivity index (χ3n) is 4.78. The van der Waals surface area contributed by atoms with Gasteiger partial charge < -0.3 is 5.32 Å². The van der Waals surface area contributed by atoms with Crippen molar-refractivity contribution in [1.29, 1.82) is 0 Å². The molecule has 1 saturated carbocycles. The number of halogens is 2. The van der Waals surface area contributed by atoms with Crippen molar-refractivity contribution in [2.24, 2.45) is 11.8 Å². The second-order valence-corrected chi connectivity index (χ2v) is 6.71. The molecular weight excluding hydrogens is 285 g/mol. The van der Waals surface area contributed by atoms with E-state index in [4.69, 9.17) is 11.6 Å². The summed E-state index contributed by atoms with van der Waals surface area (Å²) >= 11 is 5.88. The summed E-state index contributed by atoms with van der Waals surface area (Å²) in [5.74, 6) is 1.24. The molecule has 0 amide bonds. The van der Waals surface area contributed by atoms with Crippen molar-refractivity contribution >= 4 is 11.6 Å². The first-order chi connectivity index (χ1) is 10.2. The summed E-state index contributed by atoms with van der Waals surface area (Å²) < 4.78 is 14.3. The lowest BCUT2D eigenvalue weighted by atomic mass is 9.75. The molecule has 0 bridgehead atoms. The van der Waals surface area contributed by atoms with Gasteiger partial charge in [-0.25, -0.2) is 4.39 Å². The molecule has 2 rings (SSSR count). The topological polar surface area (TPSA) is 12.0 Å². The Morgan fingerprint density at radius 2 is 1.95 bits per heavy atom. The van der Waals surface area contributed by atoms with E-state index in [-0.39, 0.29) is 11.9 Å². The molecule has 1 N–H and O–H groups in total. The van der Waals surface area contributed by atoms with Gasteiger partial charge in [-0.1, -0.05) is 57.2 Å². The normalized spacial score (nSPS) is 24.0. The van der Waals surface area contributed by atoms with Gasteiger partial charge in [0.05, 0.1) is 0 Å². The van der Waals surface area contributed by atoms with Gasteiger partial charge in [-0.05, 0) is 43.4 Å². The van der Waals surface area contributed by atoms with E-state index in [0.717, 1.165) is 18.0 Å². The Balaban J connectivity index is 2.09. The molecule has 1 unspecified atom stereocenters. The Hall–Kier alpha value is -0.600. The molecule has 3 heteroatoms. The van der Waals surface area contributed by atoms with Gasteiger partial charge in [0.25, 0.3) is 0 Å². The van der Waals surface area contributed by atoms with Gasteiger partial charge >= 0.3 is 0 Å². The molecule has 0 aliphatic heterocycles. The molecule has 1 fully saturated rings. The average molecular weight is 312 g/mol. The molecule has 0 heterocycles. The van der Waals surface area contributed by atoms with E-state index in [1.54, 1.807) is 6.07 Å². The zero-order valence-corrected chi connectivity index (χ0v) is 13.9. The maximum atomic E-state index is 14.3. The molecule has 0 aromatic heterocycles. The lowest BCUT2D eigenvalue weighted by molar-refractivity contribution is 0.213. The molecule has 1 aromatic rings. The summed E-state index contributed by atoms with van der Waals surface area (Å²) in [5.41, 5.74) is 0.778. The summed E-state index contributed by atoms with van der Waals surface area (Å²) in [6.45, 7) is 5.21. The first-order valence-electron chi connectivity index (χ1n) is 8.34. The van der Waals surface area contributed by atoms with Crippen LogP contribution in [0.2, 0.25) is 5.02 Å². The Kier molecular flexibility index (Phi) is 6.50. The van der Waals surface area contributed by atoms with Crippen molar-refractivity contribution in [3.8, 4) is 0 Å². The molecule has 1 nitrogen and oxygen atoms in total. The largest absolute Gasteiger partial charge is 0.310 e. The first kappa shape index (κ1) is 16.8. The number of nitrogens with one attached hydrogen (secondary N) is 1. The van der Waals surface area contributed by atoms with Gasteiger partial charge in [0.15, 0.2) is 0 Å².